The Hall–Kier alpha value is -1.60. The van der Waals surface area contributed by atoms with Crippen molar-refractivity contribution in [1.29, 1.82) is 0 Å². The van der Waals surface area contributed by atoms with Crippen LogP contribution in [0.4, 0.5) is 0 Å². The summed E-state index contributed by atoms with van der Waals surface area (Å²) >= 11 is 0. The Morgan fingerprint density at radius 1 is 1.27 bits per heavy atom. The minimum Gasteiger partial charge on any atom is -0.357 e. The van der Waals surface area contributed by atoms with Crippen LogP contribution >= 0.6 is 0 Å². The van der Waals surface area contributed by atoms with Crippen molar-refractivity contribution in [3.8, 4) is 0 Å². The molecule has 2 N–H and O–H groups in total. The number of likely N-dealkylation sites (tertiary alicyclic amines) is 1. The number of sulfone groups is 1. The van der Waals surface area contributed by atoms with Crippen LogP contribution in [0.3, 0.4) is 0 Å². The zero-order valence-corrected chi connectivity index (χ0v) is 17.1. The summed E-state index contributed by atoms with van der Waals surface area (Å²) in [5.74, 6) is 1.22. The fourth-order valence-electron chi connectivity index (χ4n) is 3.13. The summed E-state index contributed by atoms with van der Waals surface area (Å²) in [6.45, 7) is 11.7. The van der Waals surface area contributed by atoms with Gasteiger partial charge in [0, 0.05) is 31.7 Å². The van der Waals surface area contributed by atoms with Gasteiger partial charge in [0.2, 0.25) is 0 Å². The van der Waals surface area contributed by atoms with Crippen LogP contribution in [0.15, 0.2) is 40.2 Å². The van der Waals surface area contributed by atoms with Crippen molar-refractivity contribution in [2.24, 2.45) is 10.9 Å². The zero-order chi connectivity index (χ0) is 19.2. The highest BCUT2D eigenvalue weighted by atomic mass is 32.2. The lowest BCUT2D eigenvalue weighted by Crippen LogP contribution is -2.47. The molecule has 1 heterocycles. The van der Waals surface area contributed by atoms with Crippen LogP contribution in [-0.2, 0) is 9.84 Å². The molecule has 0 bridgehead atoms. The quantitative estimate of drug-likeness (QED) is 0.557. The van der Waals surface area contributed by atoms with Crippen molar-refractivity contribution in [3.63, 3.8) is 0 Å². The van der Waals surface area contributed by atoms with E-state index in [0.717, 1.165) is 19.6 Å². The molecule has 7 heteroatoms. The number of nitrogens with zero attached hydrogens (tertiary/aromatic N) is 2. The zero-order valence-electron chi connectivity index (χ0n) is 16.3. The monoisotopic (exact) mass is 380 g/mol. The average Bonchev–Trinajstić information content (AvgIpc) is 2.97. The number of nitrogens with one attached hydrogen (secondary N) is 2. The summed E-state index contributed by atoms with van der Waals surface area (Å²) in [6.07, 6.45) is 0. The van der Waals surface area contributed by atoms with Crippen molar-refractivity contribution in [3.05, 3.63) is 30.3 Å². The molecule has 1 aromatic rings. The Morgan fingerprint density at radius 2 is 1.96 bits per heavy atom. The van der Waals surface area contributed by atoms with Gasteiger partial charge < -0.3 is 10.6 Å². The smallest absolute Gasteiger partial charge is 0.191 e. The van der Waals surface area contributed by atoms with Crippen molar-refractivity contribution in [2.45, 2.75) is 44.7 Å². The molecule has 0 aromatic heterocycles. The number of guanidine groups is 1. The first-order valence-electron chi connectivity index (χ1n) is 9.40. The number of aliphatic imine (C=N–C) groups is 1. The lowest BCUT2D eigenvalue weighted by molar-refractivity contribution is 0.265. The molecule has 6 nitrogen and oxygen atoms in total. The second-order valence-electron chi connectivity index (χ2n) is 7.17. The Morgan fingerprint density at radius 3 is 2.54 bits per heavy atom. The van der Waals surface area contributed by atoms with Gasteiger partial charge in [-0.05, 0) is 38.8 Å². The minimum absolute atomic E-state index is 0.00588. The summed E-state index contributed by atoms with van der Waals surface area (Å²) in [5, 5.41) is 6.71. The average molecular weight is 381 g/mol. The first-order chi connectivity index (χ1) is 12.3. The highest BCUT2D eigenvalue weighted by molar-refractivity contribution is 7.91. The fourth-order valence-corrected chi connectivity index (χ4v) is 4.27. The van der Waals surface area contributed by atoms with Gasteiger partial charge in [-0.15, -0.1) is 0 Å². The van der Waals surface area contributed by atoms with Crippen molar-refractivity contribution >= 4 is 15.8 Å². The summed E-state index contributed by atoms with van der Waals surface area (Å²) in [5.41, 5.74) is 0. The van der Waals surface area contributed by atoms with E-state index in [4.69, 9.17) is 0 Å². The predicted molar refractivity (Wildman–Crippen MR) is 107 cm³/mol. The minimum atomic E-state index is -3.30. The molecule has 0 amide bonds. The SMILES string of the molecule is CCNC(=NCCS(=O)(=O)c1ccccc1)NC1CN(C(C)C)CC1C. The summed E-state index contributed by atoms with van der Waals surface area (Å²) in [6, 6.07) is 9.40. The first-order valence-corrected chi connectivity index (χ1v) is 11.1. The number of benzene rings is 1. The Labute approximate surface area is 158 Å². The molecular weight excluding hydrogens is 348 g/mol. The predicted octanol–water partition coefficient (Wildman–Crippen LogP) is 1.74. The van der Waals surface area contributed by atoms with Gasteiger partial charge >= 0.3 is 0 Å². The van der Waals surface area contributed by atoms with Gasteiger partial charge in [-0.2, -0.15) is 0 Å². The van der Waals surface area contributed by atoms with Crippen LogP contribution in [0.2, 0.25) is 0 Å². The molecule has 2 unspecified atom stereocenters. The van der Waals surface area contributed by atoms with E-state index in [1.807, 2.05) is 13.0 Å². The summed E-state index contributed by atoms with van der Waals surface area (Å²) < 4.78 is 24.7. The van der Waals surface area contributed by atoms with Crippen LogP contribution in [0.1, 0.15) is 27.7 Å². The van der Waals surface area contributed by atoms with Gasteiger partial charge in [-0.1, -0.05) is 25.1 Å². The maximum Gasteiger partial charge on any atom is 0.191 e. The maximum absolute atomic E-state index is 12.4. The molecule has 1 aromatic carbocycles. The first kappa shape index (κ1) is 20.7. The Kier molecular flexibility index (Phi) is 7.46. The molecule has 2 atom stereocenters. The molecule has 146 valence electrons. The third-order valence-electron chi connectivity index (χ3n) is 4.77. The summed E-state index contributed by atoms with van der Waals surface area (Å²) in [7, 11) is -3.30. The molecule has 1 aliphatic rings. The second-order valence-corrected chi connectivity index (χ2v) is 9.28. The van der Waals surface area contributed by atoms with E-state index >= 15 is 0 Å². The normalized spacial score (nSPS) is 22.0. The third kappa shape index (κ3) is 5.71. The molecule has 1 saturated heterocycles. The van der Waals surface area contributed by atoms with E-state index in [-0.39, 0.29) is 12.3 Å². The van der Waals surface area contributed by atoms with E-state index in [1.54, 1.807) is 24.3 Å². The van der Waals surface area contributed by atoms with Gasteiger partial charge in [-0.25, -0.2) is 8.42 Å². The topological polar surface area (TPSA) is 73.8 Å². The van der Waals surface area contributed by atoms with E-state index in [9.17, 15) is 8.42 Å². The van der Waals surface area contributed by atoms with Gasteiger partial charge in [0.15, 0.2) is 15.8 Å². The fraction of sp³-hybridized carbons (Fsp3) is 0.632. The molecular formula is C19H32N4O2S. The van der Waals surface area contributed by atoms with Crippen molar-refractivity contribution in [2.75, 3.05) is 31.9 Å². The van der Waals surface area contributed by atoms with Crippen molar-refractivity contribution in [1.82, 2.24) is 15.5 Å². The van der Waals surface area contributed by atoms with Crippen molar-refractivity contribution < 1.29 is 8.42 Å². The van der Waals surface area contributed by atoms with E-state index in [0.29, 0.717) is 28.9 Å². The third-order valence-corrected chi connectivity index (χ3v) is 6.48. The van der Waals surface area contributed by atoms with Crippen LogP contribution in [0.25, 0.3) is 0 Å². The highest BCUT2D eigenvalue weighted by Crippen LogP contribution is 2.18. The molecule has 0 aliphatic carbocycles. The van der Waals surface area contributed by atoms with Gasteiger partial charge in [0.05, 0.1) is 17.2 Å². The van der Waals surface area contributed by atoms with Gasteiger partial charge in [0.1, 0.15) is 0 Å². The van der Waals surface area contributed by atoms with Crippen LogP contribution in [-0.4, -0.2) is 63.3 Å². The lowest BCUT2D eigenvalue weighted by atomic mass is 10.1. The molecule has 1 aliphatic heterocycles. The maximum atomic E-state index is 12.4. The molecule has 2 rings (SSSR count). The molecule has 0 saturated carbocycles. The van der Waals surface area contributed by atoms with Crippen LogP contribution < -0.4 is 10.6 Å². The second kappa shape index (κ2) is 9.37. The van der Waals surface area contributed by atoms with Gasteiger partial charge in [-0.3, -0.25) is 9.89 Å². The van der Waals surface area contributed by atoms with Gasteiger partial charge in [0.25, 0.3) is 0 Å². The van der Waals surface area contributed by atoms with E-state index in [1.165, 1.54) is 0 Å². The molecule has 1 fully saturated rings. The molecule has 0 spiro atoms. The van der Waals surface area contributed by atoms with Crippen LogP contribution in [0, 0.1) is 5.92 Å². The largest absolute Gasteiger partial charge is 0.357 e. The van der Waals surface area contributed by atoms with E-state index < -0.39 is 9.84 Å². The number of rotatable bonds is 7. The van der Waals surface area contributed by atoms with Crippen LogP contribution in [0.5, 0.6) is 0 Å². The van der Waals surface area contributed by atoms with E-state index in [2.05, 4.69) is 41.3 Å². The lowest BCUT2D eigenvalue weighted by Gasteiger charge is -2.21. The Bertz CT molecular complexity index is 689. The standard InChI is InChI=1S/C19H32N4O2S/c1-5-20-19(22-18-14-23(15(2)3)13-16(18)4)21-11-12-26(24,25)17-9-7-6-8-10-17/h6-10,15-16,18H,5,11-14H2,1-4H3,(H2,20,21,22). The number of hydrogen-bond donors (Lipinski definition) is 2. The number of hydrogen-bond acceptors (Lipinski definition) is 4. The molecule has 0 radical (unpaired) electrons. The Balaban J connectivity index is 1.96. The summed E-state index contributed by atoms with van der Waals surface area (Å²) in [4.78, 5) is 7.29. The highest BCUT2D eigenvalue weighted by Gasteiger charge is 2.31. The molecule has 26 heavy (non-hydrogen) atoms.